The maximum absolute atomic E-state index is 13.4. The van der Waals surface area contributed by atoms with Crippen LogP contribution in [-0.4, -0.2) is 75.1 Å². The van der Waals surface area contributed by atoms with Gasteiger partial charge >= 0.3 is 0 Å². The molecule has 3 heterocycles. The third-order valence-corrected chi connectivity index (χ3v) is 7.51. The second-order valence-electron chi connectivity index (χ2n) is 7.67. The molecule has 0 bridgehead atoms. The van der Waals surface area contributed by atoms with E-state index < -0.39 is 15.6 Å². The molecule has 0 aliphatic carbocycles. The first-order valence-electron chi connectivity index (χ1n) is 9.71. The SMILES string of the molecule is O=C(N1CCOCC1)[C@]12CCCCN1C[C@@H](NS(=O)(=O)c1ccccc1)C2. The van der Waals surface area contributed by atoms with Crippen LogP contribution in [0.25, 0.3) is 0 Å². The average Bonchev–Trinajstić information content (AvgIpc) is 3.07. The van der Waals surface area contributed by atoms with E-state index in [0.717, 1.165) is 25.8 Å². The Morgan fingerprint density at radius 3 is 2.59 bits per heavy atom. The molecule has 3 aliphatic rings. The zero-order valence-electron chi connectivity index (χ0n) is 15.5. The van der Waals surface area contributed by atoms with Crippen LogP contribution in [0.2, 0.25) is 0 Å². The number of hydrogen-bond donors (Lipinski definition) is 1. The summed E-state index contributed by atoms with van der Waals surface area (Å²) in [5, 5.41) is 0. The van der Waals surface area contributed by atoms with Crippen LogP contribution in [0.3, 0.4) is 0 Å². The van der Waals surface area contributed by atoms with Gasteiger partial charge in [-0.05, 0) is 44.4 Å². The molecule has 3 saturated heterocycles. The molecule has 148 valence electrons. The van der Waals surface area contributed by atoms with E-state index in [0.29, 0.717) is 39.3 Å². The van der Waals surface area contributed by atoms with Gasteiger partial charge in [0.25, 0.3) is 0 Å². The lowest BCUT2D eigenvalue weighted by molar-refractivity contribution is -0.149. The Balaban J connectivity index is 1.53. The molecule has 0 radical (unpaired) electrons. The lowest BCUT2D eigenvalue weighted by Gasteiger charge is -2.44. The molecule has 2 atom stereocenters. The van der Waals surface area contributed by atoms with Gasteiger partial charge in [0.2, 0.25) is 15.9 Å². The number of carbonyl (C=O) groups is 1. The summed E-state index contributed by atoms with van der Waals surface area (Å²) in [6, 6.07) is 8.17. The summed E-state index contributed by atoms with van der Waals surface area (Å²) in [7, 11) is -3.59. The van der Waals surface area contributed by atoms with E-state index in [9.17, 15) is 13.2 Å². The Bertz CT molecular complexity index is 779. The standard InChI is InChI=1S/C19H27N3O4S/c23-18(21-10-12-26-13-11-21)19-8-4-5-9-22(19)15-16(14-19)20-27(24,25)17-6-2-1-3-7-17/h1-3,6-7,16,20H,4-5,8-15H2/t16-,19+/m0/s1. The second-order valence-corrected chi connectivity index (χ2v) is 9.39. The van der Waals surface area contributed by atoms with Crippen LogP contribution < -0.4 is 4.72 Å². The van der Waals surface area contributed by atoms with Crippen molar-refractivity contribution in [2.24, 2.45) is 0 Å². The molecule has 0 spiro atoms. The number of rotatable bonds is 4. The number of nitrogens with one attached hydrogen (secondary N) is 1. The molecule has 3 fully saturated rings. The van der Waals surface area contributed by atoms with Crippen molar-refractivity contribution in [3.8, 4) is 0 Å². The molecule has 7 nitrogen and oxygen atoms in total. The number of morpholine rings is 1. The van der Waals surface area contributed by atoms with Crippen LogP contribution in [0.4, 0.5) is 0 Å². The van der Waals surface area contributed by atoms with Gasteiger partial charge in [-0.15, -0.1) is 0 Å². The molecule has 1 amide bonds. The first-order valence-corrected chi connectivity index (χ1v) is 11.2. The lowest BCUT2D eigenvalue weighted by atomic mass is 9.84. The Labute approximate surface area is 160 Å². The summed E-state index contributed by atoms with van der Waals surface area (Å²) < 4.78 is 33.7. The monoisotopic (exact) mass is 393 g/mol. The number of benzene rings is 1. The number of ether oxygens (including phenoxy) is 1. The van der Waals surface area contributed by atoms with Crippen molar-refractivity contribution < 1.29 is 17.9 Å². The van der Waals surface area contributed by atoms with Crippen molar-refractivity contribution in [1.29, 1.82) is 0 Å². The van der Waals surface area contributed by atoms with E-state index in [1.807, 2.05) is 4.90 Å². The number of hydrogen-bond acceptors (Lipinski definition) is 5. The number of nitrogens with zero attached hydrogens (tertiary/aromatic N) is 2. The molecule has 0 saturated carbocycles. The number of fused-ring (bicyclic) bond motifs is 1. The van der Waals surface area contributed by atoms with Crippen molar-refractivity contribution in [2.45, 2.75) is 42.2 Å². The summed E-state index contributed by atoms with van der Waals surface area (Å²) >= 11 is 0. The fourth-order valence-electron chi connectivity index (χ4n) is 4.68. The van der Waals surface area contributed by atoms with Crippen LogP contribution in [-0.2, 0) is 19.6 Å². The van der Waals surface area contributed by atoms with Crippen molar-refractivity contribution >= 4 is 15.9 Å². The zero-order valence-corrected chi connectivity index (χ0v) is 16.3. The van der Waals surface area contributed by atoms with E-state index in [2.05, 4.69) is 9.62 Å². The lowest BCUT2D eigenvalue weighted by Crippen LogP contribution is -2.60. The molecule has 1 aromatic rings. The van der Waals surface area contributed by atoms with Gasteiger partial charge in [0.1, 0.15) is 5.54 Å². The molecule has 4 rings (SSSR count). The predicted octanol–water partition coefficient (Wildman–Crippen LogP) is 0.821. The highest BCUT2D eigenvalue weighted by molar-refractivity contribution is 7.89. The molecule has 0 aromatic heterocycles. The first-order chi connectivity index (χ1) is 13.0. The Hall–Kier alpha value is -1.48. The number of sulfonamides is 1. The van der Waals surface area contributed by atoms with Crippen molar-refractivity contribution in [1.82, 2.24) is 14.5 Å². The maximum atomic E-state index is 13.4. The highest BCUT2D eigenvalue weighted by atomic mass is 32.2. The normalized spacial score (nSPS) is 29.5. The van der Waals surface area contributed by atoms with Crippen molar-refractivity contribution in [2.75, 3.05) is 39.4 Å². The van der Waals surface area contributed by atoms with E-state index in [1.165, 1.54) is 0 Å². The maximum Gasteiger partial charge on any atom is 0.243 e. The van der Waals surface area contributed by atoms with Crippen LogP contribution in [0.1, 0.15) is 25.7 Å². The molecule has 27 heavy (non-hydrogen) atoms. The second kappa shape index (κ2) is 7.50. The average molecular weight is 394 g/mol. The van der Waals surface area contributed by atoms with Gasteiger partial charge in [0.05, 0.1) is 18.1 Å². The molecule has 8 heteroatoms. The van der Waals surface area contributed by atoms with E-state index >= 15 is 0 Å². The van der Waals surface area contributed by atoms with E-state index in [1.54, 1.807) is 30.3 Å². The molecular weight excluding hydrogens is 366 g/mol. The van der Waals surface area contributed by atoms with Gasteiger partial charge < -0.3 is 9.64 Å². The molecule has 1 N–H and O–H groups in total. The van der Waals surface area contributed by atoms with Gasteiger partial charge in [-0.2, -0.15) is 0 Å². The van der Waals surface area contributed by atoms with Crippen LogP contribution >= 0.6 is 0 Å². The summed E-state index contributed by atoms with van der Waals surface area (Å²) in [6.45, 7) is 3.82. The van der Waals surface area contributed by atoms with E-state index in [-0.39, 0.29) is 16.8 Å². The van der Waals surface area contributed by atoms with E-state index in [4.69, 9.17) is 4.74 Å². The number of piperidine rings is 1. The van der Waals surface area contributed by atoms with Crippen LogP contribution in [0.5, 0.6) is 0 Å². The predicted molar refractivity (Wildman–Crippen MR) is 101 cm³/mol. The minimum atomic E-state index is -3.59. The fourth-order valence-corrected chi connectivity index (χ4v) is 5.93. The quantitative estimate of drug-likeness (QED) is 0.819. The van der Waals surface area contributed by atoms with Gasteiger partial charge in [0.15, 0.2) is 0 Å². The molecular formula is C19H27N3O4S. The Morgan fingerprint density at radius 1 is 1.11 bits per heavy atom. The highest BCUT2D eigenvalue weighted by Crippen LogP contribution is 2.39. The minimum absolute atomic E-state index is 0.145. The fraction of sp³-hybridized carbons (Fsp3) is 0.632. The van der Waals surface area contributed by atoms with Crippen molar-refractivity contribution in [3.63, 3.8) is 0 Å². The topological polar surface area (TPSA) is 79.0 Å². The minimum Gasteiger partial charge on any atom is -0.378 e. The largest absolute Gasteiger partial charge is 0.378 e. The molecule has 1 aromatic carbocycles. The molecule has 0 unspecified atom stereocenters. The smallest absolute Gasteiger partial charge is 0.243 e. The van der Waals surface area contributed by atoms with Gasteiger partial charge in [-0.25, -0.2) is 13.1 Å². The number of carbonyl (C=O) groups excluding carboxylic acids is 1. The number of amides is 1. The summed E-state index contributed by atoms with van der Waals surface area (Å²) in [6.07, 6.45) is 3.39. The zero-order chi connectivity index (χ0) is 18.9. The third-order valence-electron chi connectivity index (χ3n) is 5.97. The summed E-state index contributed by atoms with van der Waals surface area (Å²) in [5.41, 5.74) is -0.570. The summed E-state index contributed by atoms with van der Waals surface area (Å²) in [4.78, 5) is 17.8. The highest BCUT2D eigenvalue weighted by Gasteiger charge is 2.53. The van der Waals surface area contributed by atoms with Gasteiger partial charge in [0, 0.05) is 25.7 Å². The van der Waals surface area contributed by atoms with Gasteiger partial charge in [-0.3, -0.25) is 9.69 Å². The summed E-state index contributed by atoms with van der Waals surface area (Å²) in [5.74, 6) is 0.145. The Kier molecular flexibility index (Phi) is 5.24. The van der Waals surface area contributed by atoms with Gasteiger partial charge in [-0.1, -0.05) is 18.2 Å². The van der Waals surface area contributed by atoms with Crippen LogP contribution in [0, 0.1) is 0 Å². The van der Waals surface area contributed by atoms with Crippen molar-refractivity contribution in [3.05, 3.63) is 30.3 Å². The molecule has 3 aliphatic heterocycles. The Morgan fingerprint density at radius 2 is 1.85 bits per heavy atom. The van der Waals surface area contributed by atoms with Crippen LogP contribution in [0.15, 0.2) is 35.2 Å². The third kappa shape index (κ3) is 3.63. The first kappa shape index (κ1) is 18.9.